The van der Waals surface area contributed by atoms with Crippen LogP contribution in [0.25, 0.3) is 21.9 Å². The van der Waals surface area contributed by atoms with Crippen molar-refractivity contribution in [2.24, 2.45) is 0 Å². The van der Waals surface area contributed by atoms with Crippen molar-refractivity contribution in [3.8, 4) is 11.1 Å². The second kappa shape index (κ2) is 9.58. The normalized spacial score (nSPS) is 11.2. The maximum atomic E-state index is 13.1. The van der Waals surface area contributed by atoms with E-state index in [0.717, 1.165) is 27.9 Å². The van der Waals surface area contributed by atoms with Crippen molar-refractivity contribution < 1.29 is 8.42 Å². The fraction of sp³-hybridized carbons (Fsp3) is 0.0800. The number of rotatable bonds is 6. The Bertz CT molecular complexity index is 1400. The smallest absolute Gasteiger partial charge is 0.257 e. The minimum atomic E-state index is -3.89. The van der Waals surface area contributed by atoms with E-state index in [-0.39, 0.29) is 10.0 Å². The van der Waals surface area contributed by atoms with Gasteiger partial charge < -0.3 is 10.2 Å². The Hall–Kier alpha value is -3.46. The summed E-state index contributed by atoms with van der Waals surface area (Å²) in [4.78, 5) is 4.52. The van der Waals surface area contributed by atoms with Crippen LogP contribution >= 0.6 is 12.2 Å². The first-order valence-electron chi connectivity index (χ1n) is 10.3. The molecule has 0 fully saturated rings. The van der Waals surface area contributed by atoms with Crippen molar-refractivity contribution in [2.75, 3.05) is 24.3 Å². The van der Waals surface area contributed by atoms with Crippen LogP contribution in [-0.2, 0) is 10.0 Å². The van der Waals surface area contributed by atoms with E-state index < -0.39 is 10.0 Å². The second-order valence-corrected chi connectivity index (χ2v) is 9.68. The van der Waals surface area contributed by atoms with Gasteiger partial charge in [-0.3, -0.25) is 5.43 Å². The molecule has 0 saturated carbocycles. The molecule has 0 aromatic heterocycles. The number of hydrogen-bond donors (Lipinski definition) is 3. The molecule has 4 rings (SSSR count). The number of para-hydroxylation sites is 1. The molecule has 0 amide bonds. The van der Waals surface area contributed by atoms with Crippen LogP contribution in [0.4, 0.5) is 11.4 Å². The summed E-state index contributed by atoms with van der Waals surface area (Å²) in [5.74, 6) is 0. The van der Waals surface area contributed by atoms with Crippen molar-refractivity contribution in [1.82, 2.24) is 10.3 Å². The molecule has 0 saturated heterocycles. The van der Waals surface area contributed by atoms with E-state index in [1.165, 1.54) is 0 Å². The number of fused-ring (bicyclic) bond motifs is 1. The molecule has 168 valence electrons. The third-order valence-electron chi connectivity index (χ3n) is 5.19. The first-order chi connectivity index (χ1) is 15.9. The molecule has 3 N–H and O–H groups in total. The SMILES string of the molecule is CN(C)c1cccc2c(S(=O)(=O)NNC(=S)Nc3ccccc3-c3ccccc3)cccc12. The maximum Gasteiger partial charge on any atom is 0.257 e. The Kier molecular flexibility index (Phi) is 6.60. The van der Waals surface area contributed by atoms with Crippen LogP contribution in [-0.4, -0.2) is 27.6 Å². The van der Waals surface area contributed by atoms with E-state index in [2.05, 4.69) is 15.6 Å². The van der Waals surface area contributed by atoms with E-state index in [1.807, 2.05) is 91.8 Å². The molecule has 0 aliphatic carbocycles. The highest BCUT2D eigenvalue weighted by Crippen LogP contribution is 2.30. The summed E-state index contributed by atoms with van der Waals surface area (Å²) in [6, 6.07) is 28.4. The molecule has 8 heteroatoms. The Labute approximate surface area is 199 Å². The van der Waals surface area contributed by atoms with Crippen molar-refractivity contribution >= 4 is 49.5 Å². The average molecular weight is 477 g/mol. The molecule has 0 radical (unpaired) electrons. The van der Waals surface area contributed by atoms with Gasteiger partial charge in [-0.05, 0) is 36.0 Å². The fourth-order valence-electron chi connectivity index (χ4n) is 3.67. The number of sulfonamides is 1. The second-order valence-electron chi connectivity index (χ2n) is 7.62. The van der Waals surface area contributed by atoms with Gasteiger partial charge in [0.1, 0.15) is 0 Å². The highest BCUT2D eigenvalue weighted by atomic mass is 32.2. The number of anilines is 2. The Morgan fingerprint density at radius 1 is 0.788 bits per heavy atom. The summed E-state index contributed by atoms with van der Waals surface area (Å²) in [6.07, 6.45) is 0. The quantitative estimate of drug-likeness (QED) is 0.275. The molecule has 4 aromatic carbocycles. The van der Waals surface area contributed by atoms with Gasteiger partial charge in [0.2, 0.25) is 0 Å². The number of hydrogen-bond acceptors (Lipinski definition) is 4. The van der Waals surface area contributed by atoms with Crippen LogP contribution in [0.2, 0.25) is 0 Å². The molecule has 6 nitrogen and oxygen atoms in total. The molecule has 33 heavy (non-hydrogen) atoms. The summed E-state index contributed by atoms with van der Waals surface area (Å²) in [7, 11) is -0.0386. The maximum absolute atomic E-state index is 13.1. The molecule has 0 heterocycles. The van der Waals surface area contributed by atoms with Gasteiger partial charge in [0.05, 0.1) is 4.90 Å². The summed E-state index contributed by atoms with van der Waals surface area (Å²) in [6.45, 7) is 0. The fourth-order valence-corrected chi connectivity index (χ4v) is 4.97. The van der Waals surface area contributed by atoms with Gasteiger partial charge in [-0.2, -0.15) is 0 Å². The van der Waals surface area contributed by atoms with Gasteiger partial charge in [-0.1, -0.05) is 72.8 Å². The van der Waals surface area contributed by atoms with E-state index in [1.54, 1.807) is 18.2 Å². The highest BCUT2D eigenvalue weighted by molar-refractivity contribution is 7.89. The van der Waals surface area contributed by atoms with Crippen LogP contribution in [0.15, 0.2) is 95.9 Å². The first kappa shape index (κ1) is 22.7. The summed E-state index contributed by atoms with van der Waals surface area (Å²) >= 11 is 5.36. The molecule has 4 aromatic rings. The number of thiocarbonyl (C=S) groups is 1. The lowest BCUT2D eigenvalue weighted by Crippen LogP contribution is -2.43. The predicted octanol–water partition coefficient (Wildman–Crippen LogP) is 4.75. The van der Waals surface area contributed by atoms with Crippen molar-refractivity contribution in [1.29, 1.82) is 0 Å². The van der Waals surface area contributed by atoms with Gasteiger partial charge in [-0.15, -0.1) is 4.83 Å². The highest BCUT2D eigenvalue weighted by Gasteiger charge is 2.19. The average Bonchev–Trinajstić information content (AvgIpc) is 2.83. The van der Waals surface area contributed by atoms with Gasteiger partial charge in [-0.25, -0.2) is 8.42 Å². The summed E-state index contributed by atoms with van der Waals surface area (Å²) < 4.78 is 26.2. The van der Waals surface area contributed by atoms with E-state index in [9.17, 15) is 8.42 Å². The molecule has 0 spiro atoms. The standard InChI is InChI=1S/C25H24N4O2S2/c1-29(2)23-16-8-14-21-20(23)13-9-17-24(21)33(30,31)28-27-25(32)26-22-15-7-6-12-19(22)18-10-4-3-5-11-18/h3-17,28H,1-2H3,(H2,26,27,32). The van der Waals surface area contributed by atoms with Crippen LogP contribution in [0, 0.1) is 0 Å². The number of nitrogens with zero attached hydrogens (tertiary/aromatic N) is 1. The number of hydrazine groups is 1. The molecule has 0 bridgehead atoms. The zero-order chi connectivity index (χ0) is 23.4. The van der Waals surface area contributed by atoms with Gasteiger partial charge in [0.25, 0.3) is 10.0 Å². The van der Waals surface area contributed by atoms with E-state index >= 15 is 0 Å². The molecule has 0 aliphatic heterocycles. The van der Waals surface area contributed by atoms with Crippen molar-refractivity contribution in [3.63, 3.8) is 0 Å². The van der Waals surface area contributed by atoms with Crippen molar-refractivity contribution in [3.05, 3.63) is 91.0 Å². The summed E-state index contributed by atoms with van der Waals surface area (Å²) in [5, 5.41) is 4.70. The summed E-state index contributed by atoms with van der Waals surface area (Å²) in [5.41, 5.74) is 6.30. The molecular formula is C25H24N4O2S2. The molecule has 0 atom stereocenters. The lowest BCUT2D eigenvalue weighted by molar-refractivity contribution is 0.578. The van der Waals surface area contributed by atoms with Crippen LogP contribution in [0.3, 0.4) is 0 Å². The molecular weight excluding hydrogens is 452 g/mol. The van der Waals surface area contributed by atoms with Crippen LogP contribution in [0.5, 0.6) is 0 Å². The lowest BCUT2D eigenvalue weighted by Gasteiger charge is -2.18. The van der Waals surface area contributed by atoms with Crippen LogP contribution < -0.4 is 20.5 Å². The van der Waals surface area contributed by atoms with Gasteiger partial charge in [0.15, 0.2) is 5.11 Å². The molecule has 0 aliphatic rings. The third-order valence-corrected chi connectivity index (χ3v) is 6.70. The minimum absolute atomic E-state index is 0.135. The topological polar surface area (TPSA) is 73.5 Å². The van der Waals surface area contributed by atoms with Crippen molar-refractivity contribution in [2.45, 2.75) is 4.90 Å². The Morgan fingerprint density at radius 2 is 1.45 bits per heavy atom. The monoisotopic (exact) mass is 476 g/mol. The lowest BCUT2D eigenvalue weighted by atomic mass is 10.0. The first-order valence-corrected chi connectivity index (χ1v) is 12.2. The number of benzene rings is 4. The largest absolute Gasteiger partial charge is 0.377 e. The molecule has 0 unspecified atom stereocenters. The van der Waals surface area contributed by atoms with E-state index in [4.69, 9.17) is 12.2 Å². The zero-order valence-electron chi connectivity index (χ0n) is 18.2. The predicted molar refractivity (Wildman–Crippen MR) is 140 cm³/mol. The van der Waals surface area contributed by atoms with E-state index in [0.29, 0.717) is 5.39 Å². The Balaban J connectivity index is 1.54. The minimum Gasteiger partial charge on any atom is -0.377 e. The van der Waals surface area contributed by atoms with Gasteiger partial charge >= 0.3 is 0 Å². The Morgan fingerprint density at radius 3 is 2.21 bits per heavy atom. The zero-order valence-corrected chi connectivity index (χ0v) is 19.9. The number of nitrogens with one attached hydrogen (secondary N) is 3. The third kappa shape index (κ3) is 4.98. The van der Waals surface area contributed by atoms with Gasteiger partial charge in [0, 0.05) is 41.8 Å². The van der Waals surface area contributed by atoms with Crippen LogP contribution in [0.1, 0.15) is 0 Å².